The lowest BCUT2D eigenvalue weighted by Gasteiger charge is -2.31. The van der Waals surface area contributed by atoms with Gasteiger partial charge in [0.2, 0.25) is 0 Å². The van der Waals surface area contributed by atoms with E-state index in [2.05, 4.69) is 13.8 Å². The molecule has 0 aromatic rings. The van der Waals surface area contributed by atoms with Gasteiger partial charge in [-0.3, -0.25) is 0 Å². The third kappa shape index (κ3) is 3.70. The summed E-state index contributed by atoms with van der Waals surface area (Å²) in [6.07, 6.45) is 11.1. The Labute approximate surface area is 95.3 Å². The molecule has 0 aromatic carbocycles. The van der Waals surface area contributed by atoms with Gasteiger partial charge in [0.25, 0.3) is 0 Å². The van der Waals surface area contributed by atoms with E-state index in [0.29, 0.717) is 0 Å². The van der Waals surface area contributed by atoms with Crippen molar-refractivity contribution in [1.82, 2.24) is 0 Å². The van der Waals surface area contributed by atoms with Crippen LogP contribution < -0.4 is 0 Å². The van der Waals surface area contributed by atoms with Crippen LogP contribution in [0.4, 0.5) is 0 Å². The summed E-state index contributed by atoms with van der Waals surface area (Å²) in [5.74, 6) is 0. The van der Waals surface area contributed by atoms with E-state index in [1.165, 1.54) is 51.4 Å². The SMILES string of the molecule is CCCC(CC)P(Cl)C1CCCCC1. The Morgan fingerprint density at radius 2 is 1.86 bits per heavy atom. The fourth-order valence-electron chi connectivity index (χ4n) is 2.46. The molecule has 0 spiro atoms. The van der Waals surface area contributed by atoms with Gasteiger partial charge >= 0.3 is 0 Å². The summed E-state index contributed by atoms with van der Waals surface area (Å²) >= 11 is 6.67. The zero-order valence-electron chi connectivity index (χ0n) is 9.64. The second-order valence-corrected chi connectivity index (χ2v) is 7.81. The second-order valence-electron chi connectivity index (χ2n) is 4.49. The van der Waals surface area contributed by atoms with Crippen LogP contribution in [0, 0.1) is 0 Å². The van der Waals surface area contributed by atoms with Crippen LogP contribution in [0.25, 0.3) is 0 Å². The number of halogens is 1. The maximum Gasteiger partial charge on any atom is -0.00341 e. The Hall–Kier alpha value is 0.720. The van der Waals surface area contributed by atoms with Crippen LogP contribution in [-0.2, 0) is 0 Å². The minimum atomic E-state index is -0.196. The highest BCUT2D eigenvalue weighted by Crippen LogP contribution is 2.57. The molecule has 0 saturated heterocycles. The van der Waals surface area contributed by atoms with Crippen LogP contribution in [0.2, 0.25) is 0 Å². The van der Waals surface area contributed by atoms with Crippen LogP contribution in [0.15, 0.2) is 0 Å². The lowest BCUT2D eigenvalue weighted by Crippen LogP contribution is -2.15. The first-order valence-electron chi connectivity index (χ1n) is 6.23. The fourth-order valence-corrected chi connectivity index (χ4v) is 6.06. The predicted octanol–water partition coefficient (Wildman–Crippen LogP) is 5.53. The molecule has 0 N–H and O–H groups in total. The normalized spacial score (nSPS) is 23.4. The van der Waals surface area contributed by atoms with Crippen molar-refractivity contribution in [2.75, 3.05) is 0 Å². The molecule has 0 aromatic heterocycles. The molecule has 0 radical (unpaired) electrons. The Morgan fingerprint density at radius 3 is 2.36 bits per heavy atom. The molecule has 0 nitrogen and oxygen atoms in total. The smallest absolute Gasteiger partial charge is 0.00341 e. The molecule has 1 rings (SSSR count). The molecule has 1 fully saturated rings. The van der Waals surface area contributed by atoms with Gasteiger partial charge in [0.05, 0.1) is 0 Å². The van der Waals surface area contributed by atoms with Crippen molar-refractivity contribution in [1.29, 1.82) is 0 Å². The van der Waals surface area contributed by atoms with Crippen molar-refractivity contribution in [2.45, 2.75) is 76.5 Å². The van der Waals surface area contributed by atoms with Crippen molar-refractivity contribution in [3.8, 4) is 0 Å². The van der Waals surface area contributed by atoms with Crippen molar-refractivity contribution in [3.63, 3.8) is 0 Å². The van der Waals surface area contributed by atoms with Crippen LogP contribution in [0.1, 0.15) is 65.2 Å². The van der Waals surface area contributed by atoms with E-state index < -0.39 is 0 Å². The summed E-state index contributed by atoms with van der Waals surface area (Å²) in [7, 11) is -0.196. The minimum Gasteiger partial charge on any atom is -0.0958 e. The monoisotopic (exact) mass is 234 g/mol. The molecule has 1 aliphatic rings. The summed E-state index contributed by atoms with van der Waals surface area (Å²) in [4.78, 5) is 0. The van der Waals surface area contributed by atoms with Gasteiger partial charge < -0.3 is 0 Å². The van der Waals surface area contributed by atoms with Gasteiger partial charge in [-0.2, -0.15) is 0 Å². The summed E-state index contributed by atoms with van der Waals surface area (Å²) in [5, 5.41) is 0. The molecule has 2 heteroatoms. The van der Waals surface area contributed by atoms with Crippen LogP contribution in [0.3, 0.4) is 0 Å². The average molecular weight is 235 g/mol. The van der Waals surface area contributed by atoms with E-state index in [9.17, 15) is 0 Å². The molecule has 2 unspecified atom stereocenters. The lowest BCUT2D eigenvalue weighted by atomic mass is 10.0. The maximum absolute atomic E-state index is 6.67. The highest BCUT2D eigenvalue weighted by atomic mass is 35.7. The van der Waals surface area contributed by atoms with E-state index in [1.54, 1.807) is 0 Å². The first kappa shape index (κ1) is 12.8. The van der Waals surface area contributed by atoms with Crippen molar-refractivity contribution >= 4 is 18.5 Å². The molecule has 2 atom stereocenters. The van der Waals surface area contributed by atoms with Crippen LogP contribution in [0.5, 0.6) is 0 Å². The van der Waals surface area contributed by atoms with E-state index in [0.717, 1.165) is 11.3 Å². The van der Waals surface area contributed by atoms with Gasteiger partial charge in [0.1, 0.15) is 0 Å². The summed E-state index contributed by atoms with van der Waals surface area (Å²) in [6, 6.07) is 0. The van der Waals surface area contributed by atoms with Gasteiger partial charge in [-0.05, 0) is 44.3 Å². The number of hydrogen-bond donors (Lipinski definition) is 0. The van der Waals surface area contributed by atoms with Gasteiger partial charge in [-0.15, -0.1) is 0 Å². The summed E-state index contributed by atoms with van der Waals surface area (Å²) in [5.41, 5.74) is 1.72. The highest BCUT2D eigenvalue weighted by Gasteiger charge is 2.27. The number of hydrogen-bond acceptors (Lipinski definition) is 0. The molecule has 84 valence electrons. The first-order valence-corrected chi connectivity index (χ1v) is 8.62. The summed E-state index contributed by atoms with van der Waals surface area (Å²) in [6.45, 7) is 4.59. The summed E-state index contributed by atoms with van der Waals surface area (Å²) < 4.78 is 0. The largest absolute Gasteiger partial charge is 0.0958 e. The maximum atomic E-state index is 6.67. The molecule has 0 heterocycles. The second kappa shape index (κ2) is 7.07. The molecule has 0 amide bonds. The van der Waals surface area contributed by atoms with Crippen molar-refractivity contribution in [3.05, 3.63) is 0 Å². The van der Waals surface area contributed by atoms with Crippen LogP contribution >= 0.6 is 18.5 Å². The molecule has 14 heavy (non-hydrogen) atoms. The predicted molar refractivity (Wildman–Crippen MR) is 68.6 cm³/mol. The standard InChI is InChI=1S/C12H24ClP/c1-3-8-11(4-2)14(13)12-9-6-5-7-10-12/h11-12H,3-10H2,1-2H3. The lowest BCUT2D eigenvalue weighted by molar-refractivity contribution is 0.509. The molecule has 0 bridgehead atoms. The van der Waals surface area contributed by atoms with Gasteiger partial charge in [0, 0.05) is 0 Å². The van der Waals surface area contributed by atoms with Gasteiger partial charge in [-0.1, -0.05) is 50.8 Å². The minimum absolute atomic E-state index is 0.196. The quantitative estimate of drug-likeness (QED) is 0.549. The molecular formula is C12H24ClP. The molecule has 0 aliphatic heterocycles. The Morgan fingerprint density at radius 1 is 1.21 bits per heavy atom. The van der Waals surface area contributed by atoms with Crippen molar-refractivity contribution in [2.24, 2.45) is 0 Å². The fraction of sp³-hybridized carbons (Fsp3) is 1.00. The van der Waals surface area contributed by atoms with Crippen LogP contribution in [-0.4, -0.2) is 11.3 Å². The highest BCUT2D eigenvalue weighted by molar-refractivity contribution is 7.85. The zero-order valence-corrected chi connectivity index (χ0v) is 11.3. The molecule has 1 aliphatic carbocycles. The Balaban J connectivity index is 2.38. The van der Waals surface area contributed by atoms with E-state index in [-0.39, 0.29) is 7.27 Å². The average Bonchev–Trinajstić information content (AvgIpc) is 2.26. The zero-order chi connectivity index (χ0) is 10.4. The number of rotatable bonds is 5. The van der Waals surface area contributed by atoms with E-state index in [1.807, 2.05) is 0 Å². The van der Waals surface area contributed by atoms with E-state index >= 15 is 0 Å². The molecule has 1 saturated carbocycles. The Kier molecular flexibility index (Phi) is 6.46. The van der Waals surface area contributed by atoms with Gasteiger partial charge in [0.15, 0.2) is 0 Å². The Bertz CT molecular complexity index is 139. The molecular weight excluding hydrogens is 211 g/mol. The third-order valence-electron chi connectivity index (χ3n) is 3.37. The van der Waals surface area contributed by atoms with Gasteiger partial charge in [-0.25, -0.2) is 0 Å². The van der Waals surface area contributed by atoms with E-state index in [4.69, 9.17) is 11.2 Å². The third-order valence-corrected chi connectivity index (χ3v) is 7.56. The topological polar surface area (TPSA) is 0 Å². The van der Waals surface area contributed by atoms with Crippen molar-refractivity contribution < 1.29 is 0 Å². The first-order chi connectivity index (χ1) is 6.79.